The highest BCUT2D eigenvalue weighted by atomic mass is 19.4. The fourth-order valence-corrected chi connectivity index (χ4v) is 4.89. The van der Waals surface area contributed by atoms with Gasteiger partial charge in [0.2, 0.25) is 5.91 Å². The number of para-hydroxylation sites is 1. The molecule has 1 aromatic carbocycles. The van der Waals surface area contributed by atoms with Gasteiger partial charge in [0, 0.05) is 22.1 Å². The van der Waals surface area contributed by atoms with Crippen LogP contribution in [0.5, 0.6) is 0 Å². The summed E-state index contributed by atoms with van der Waals surface area (Å²) in [6, 6.07) is 11.6. The smallest absolute Gasteiger partial charge is 0.475 e. The lowest BCUT2D eigenvalue weighted by atomic mass is 10.0. The van der Waals surface area contributed by atoms with E-state index in [1.54, 1.807) is 11.5 Å². The van der Waals surface area contributed by atoms with Crippen molar-refractivity contribution in [3.05, 3.63) is 63.4 Å². The summed E-state index contributed by atoms with van der Waals surface area (Å²) in [5.41, 5.74) is 4.52. The number of alkyl halides is 3. The lowest BCUT2D eigenvalue weighted by Gasteiger charge is -2.20. The van der Waals surface area contributed by atoms with Crippen LogP contribution >= 0.6 is 0 Å². The van der Waals surface area contributed by atoms with Gasteiger partial charge in [-0.1, -0.05) is 25.1 Å². The van der Waals surface area contributed by atoms with Crippen LogP contribution in [-0.4, -0.2) is 57.8 Å². The second kappa shape index (κ2) is 12.1. The van der Waals surface area contributed by atoms with E-state index in [-0.39, 0.29) is 24.1 Å². The lowest BCUT2D eigenvalue weighted by molar-refractivity contribution is -0.192. The Morgan fingerprint density at radius 1 is 1.24 bits per heavy atom. The summed E-state index contributed by atoms with van der Waals surface area (Å²) in [7, 11) is 0. The van der Waals surface area contributed by atoms with Gasteiger partial charge in [-0.2, -0.15) is 13.2 Å². The number of pyridine rings is 2. The van der Waals surface area contributed by atoms with Crippen molar-refractivity contribution in [1.29, 1.82) is 0 Å². The number of nitrogens with one attached hydrogen (secondary N) is 2. The Balaban J connectivity index is 0.000000493. The zero-order valence-electron chi connectivity index (χ0n) is 22.4. The van der Waals surface area contributed by atoms with Crippen molar-refractivity contribution >= 4 is 28.7 Å². The van der Waals surface area contributed by atoms with E-state index >= 15 is 0 Å². The minimum absolute atomic E-state index is 0.107. The molecule has 0 saturated carbocycles. The van der Waals surface area contributed by atoms with Gasteiger partial charge in [-0.05, 0) is 50.9 Å². The second-order valence-corrected chi connectivity index (χ2v) is 9.75. The number of carbonyl (C=O) groups excluding carboxylic acids is 2. The number of fused-ring (bicyclic) bond motifs is 4. The van der Waals surface area contributed by atoms with Crippen molar-refractivity contribution in [3.63, 3.8) is 0 Å². The number of esters is 1. The van der Waals surface area contributed by atoms with E-state index in [1.165, 1.54) is 0 Å². The number of nitrogens with zero attached hydrogens (tertiary/aromatic N) is 2. The molecule has 2 aliphatic rings. The molecule has 218 valence electrons. The fraction of sp³-hybridized carbons (Fsp3) is 0.393. The quantitative estimate of drug-likeness (QED) is 0.299. The Labute approximate surface area is 232 Å². The Kier molecular flexibility index (Phi) is 8.76. The van der Waals surface area contributed by atoms with Gasteiger partial charge >= 0.3 is 18.1 Å². The SMILES string of the molecule is CC[C@@H](OC(=O)CNC(=O)[C@@H]1CCCN1)c1cc2n(c(=O)c1C)Cc1cc3ccccc3nc1-2.O=C(O)C(F)(F)F. The lowest BCUT2D eigenvalue weighted by Crippen LogP contribution is -2.42. The molecule has 0 spiro atoms. The van der Waals surface area contributed by atoms with Crippen LogP contribution in [0.2, 0.25) is 0 Å². The summed E-state index contributed by atoms with van der Waals surface area (Å²) in [6.07, 6.45) is -3.45. The molecule has 1 fully saturated rings. The standard InChI is InChI=1S/C26H28N4O4.C2HF3O2/c1-3-22(34-23(31)13-28-25(32)20-9-6-10-27-20)18-12-21-24-17(14-30(21)26(33)15(18)2)11-16-7-4-5-8-19(16)29-24;3-2(4,5)1(6)7/h4-5,7-8,11-12,20,22,27H,3,6,9-10,13-14H2,1-2H3,(H,28,32);(H,6,7)/t20-,22+;/m0./s1. The molecule has 0 bridgehead atoms. The first-order chi connectivity index (χ1) is 19.4. The Bertz CT molecular complexity index is 1550. The van der Waals surface area contributed by atoms with Crippen LogP contribution in [0.4, 0.5) is 13.2 Å². The molecule has 1 amide bonds. The minimum atomic E-state index is -5.08. The molecule has 0 unspecified atom stereocenters. The van der Waals surface area contributed by atoms with Gasteiger partial charge in [0.25, 0.3) is 5.56 Å². The van der Waals surface area contributed by atoms with Crippen LogP contribution in [-0.2, 0) is 25.7 Å². The maximum absolute atomic E-state index is 13.2. The number of aromatic nitrogens is 2. The van der Waals surface area contributed by atoms with E-state index in [0.29, 0.717) is 24.1 Å². The van der Waals surface area contributed by atoms with Gasteiger partial charge in [-0.15, -0.1) is 0 Å². The first-order valence-corrected chi connectivity index (χ1v) is 13.0. The number of hydrogen-bond acceptors (Lipinski definition) is 7. The molecule has 4 heterocycles. The van der Waals surface area contributed by atoms with Crippen molar-refractivity contribution in [2.45, 2.75) is 58.0 Å². The molecule has 0 aliphatic carbocycles. The molecule has 41 heavy (non-hydrogen) atoms. The van der Waals surface area contributed by atoms with Gasteiger partial charge in [0.15, 0.2) is 0 Å². The summed E-state index contributed by atoms with van der Waals surface area (Å²) < 4.78 is 39.2. The highest BCUT2D eigenvalue weighted by Gasteiger charge is 2.38. The maximum atomic E-state index is 13.2. The van der Waals surface area contributed by atoms with Crippen LogP contribution in [0, 0.1) is 6.92 Å². The molecule has 1 saturated heterocycles. The number of ether oxygens (including phenoxy) is 1. The van der Waals surface area contributed by atoms with Crippen LogP contribution in [0.15, 0.2) is 41.2 Å². The summed E-state index contributed by atoms with van der Waals surface area (Å²) in [6.45, 7) is 4.75. The Morgan fingerprint density at radius 2 is 1.95 bits per heavy atom. The molecule has 3 N–H and O–H groups in total. The highest BCUT2D eigenvalue weighted by molar-refractivity contribution is 5.86. The van der Waals surface area contributed by atoms with Gasteiger partial charge < -0.3 is 25.0 Å². The summed E-state index contributed by atoms with van der Waals surface area (Å²) in [4.78, 5) is 51.7. The molecule has 2 aromatic heterocycles. The van der Waals surface area contributed by atoms with Gasteiger partial charge in [-0.3, -0.25) is 14.4 Å². The van der Waals surface area contributed by atoms with E-state index in [4.69, 9.17) is 19.6 Å². The van der Waals surface area contributed by atoms with Crippen LogP contribution in [0.3, 0.4) is 0 Å². The van der Waals surface area contributed by atoms with Crippen molar-refractivity contribution in [1.82, 2.24) is 20.2 Å². The fourth-order valence-electron chi connectivity index (χ4n) is 4.89. The highest BCUT2D eigenvalue weighted by Crippen LogP contribution is 2.34. The molecule has 5 rings (SSSR count). The Hall–Kier alpha value is -4.26. The number of carboxylic acids is 1. The van der Waals surface area contributed by atoms with Crippen molar-refractivity contribution in [2.24, 2.45) is 0 Å². The minimum Gasteiger partial charge on any atom is -0.475 e. The summed E-state index contributed by atoms with van der Waals surface area (Å²) in [5, 5.41) is 13.9. The molecular formula is C28H29F3N4O6. The topological polar surface area (TPSA) is 140 Å². The van der Waals surface area contributed by atoms with Crippen LogP contribution in [0.25, 0.3) is 22.3 Å². The number of halogens is 3. The molecule has 0 radical (unpaired) electrons. The third kappa shape index (κ3) is 6.56. The summed E-state index contributed by atoms with van der Waals surface area (Å²) >= 11 is 0. The van der Waals surface area contributed by atoms with Crippen molar-refractivity contribution in [3.8, 4) is 11.4 Å². The van der Waals surface area contributed by atoms with Crippen molar-refractivity contribution < 1.29 is 37.4 Å². The molecular weight excluding hydrogens is 545 g/mol. The van der Waals surface area contributed by atoms with E-state index in [2.05, 4.69) is 16.7 Å². The number of amides is 1. The number of carbonyl (C=O) groups is 3. The maximum Gasteiger partial charge on any atom is 0.490 e. The van der Waals surface area contributed by atoms with Gasteiger partial charge in [0.1, 0.15) is 12.6 Å². The first-order valence-electron chi connectivity index (χ1n) is 13.0. The first kappa shape index (κ1) is 29.7. The Morgan fingerprint density at radius 3 is 2.59 bits per heavy atom. The van der Waals surface area contributed by atoms with E-state index in [0.717, 1.165) is 47.2 Å². The van der Waals surface area contributed by atoms with Gasteiger partial charge in [0.05, 0.1) is 29.5 Å². The predicted molar refractivity (Wildman–Crippen MR) is 142 cm³/mol. The number of carboxylic acid groups (broad SMARTS) is 1. The molecule has 2 aliphatic heterocycles. The zero-order valence-corrected chi connectivity index (χ0v) is 22.4. The largest absolute Gasteiger partial charge is 0.490 e. The second-order valence-electron chi connectivity index (χ2n) is 9.75. The van der Waals surface area contributed by atoms with E-state index < -0.39 is 24.2 Å². The number of aliphatic carboxylic acids is 1. The number of benzene rings is 1. The molecule has 13 heteroatoms. The average Bonchev–Trinajstić information content (AvgIpc) is 3.60. The monoisotopic (exact) mass is 574 g/mol. The van der Waals surface area contributed by atoms with E-state index in [1.807, 2.05) is 37.3 Å². The van der Waals surface area contributed by atoms with Gasteiger partial charge in [-0.25, -0.2) is 9.78 Å². The van der Waals surface area contributed by atoms with Crippen LogP contribution < -0.4 is 16.2 Å². The summed E-state index contributed by atoms with van der Waals surface area (Å²) in [5.74, 6) is -3.47. The predicted octanol–water partition coefficient (Wildman–Crippen LogP) is 3.23. The van der Waals surface area contributed by atoms with E-state index in [9.17, 15) is 27.6 Å². The zero-order chi connectivity index (χ0) is 29.9. The van der Waals surface area contributed by atoms with Crippen molar-refractivity contribution in [2.75, 3.05) is 13.1 Å². The molecule has 10 nitrogen and oxygen atoms in total. The average molecular weight is 575 g/mol. The van der Waals surface area contributed by atoms with Crippen LogP contribution in [0.1, 0.15) is 49.0 Å². The normalized spacial score (nSPS) is 16.3. The molecule has 2 atom stereocenters. The molecule has 3 aromatic rings. The number of rotatable bonds is 6. The third-order valence-electron chi connectivity index (χ3n) is 6.97. The third-order valence-corrected chi connectivity index (χ3v) is 6.97. The number of hydrogen-bond donors (Lipinski definition) is 3.